The molecule has 1 aliphatic heterocycles. The summed E-state index contributed by atoms with van der Waals surface area (Å²) in [7, 11) is -1.19. The molecule has 1 amide bonds. The number of likely N-dealkylation sites (tertiary alicyclic amines) is 1. The standard InChI is InChI=1S/C36H49FN6O2Si/c1-46(2,3)23-22-45-27-42-25-28(24-39-42)32-13-11-14-33(35(38)44)34(32)36-40-30(26-43(36)31-17-15-29(37)16-18-31)12-7-4-5-8-19-41-20-9-6-10-21-41/h11,13-18,24-26H,4-10,12,19-23,27H2,1-3H3,(H2,38,44). The van der Waals surface area contributed by atoms with Gasteiger partial charge in [-0.05, 0) is 93.7 Å². The molecule has 246 valence electrons. The average Bonchev–Trinajstić information content (AvgIpc) is 3.68. The summed E-state index contributed by atoms with van der Waals surface area (Å²) in [6.45, 7) is 11.7. The van der Waals surface area contributed by atoms with Gasteiger partial charge in [0, 0.05) is 43.9 Å². The minimum atomic E-state index is -1.19. The van der Waals surface area contributed by atoms with Crippen LogP contribution in [0.1, 0.15) is 61.0 Å². The molecule has 5 rings (SSSR count). The molecule has 0 spiro atoms. The summed E-state index contributed by atoms with van der Waals surface area (Å²) in [5.74, 6) is -0.258. The Labute approximate surface area is 273 Å². The maximum absolute atomic E-state index is 13.9. The monoisotopic (exact) mass is 644 g/mol. The van der Waals surface area contributed by atoms with E-state index in [1.54, 1.807) is 29.1 Å². The Morgan fingerprint density at radius 2 is 1.74 bits per heavy atom. The topological polar surface area (TPSA) is 91.2 Å². The van der Waals surface area contributed by atoms with Crippen LogP contribution in [0.2, 0.25) is 25.7 Å². The lowest BCUT2D eigenvalue weighted by Crippen LogP contribution is -2.30. The van der Waals surface area contributed by atoms with E-state index in [4.69, 9.17) is 15.5 Å². The van der Waals surface area contributed by atoms with Gasteiger partial charge in [-0.15, -0.1) is 0 Å². The van der Waals surface area contributed by atoms with Crippen LogP contribution >= 0.6 is 0 Å². The van der Waals surface area contributed by atoms with E-state index in [9.17, 15) is 9.18 Å². The van der Waals surface area contributed by atoms with Crippen molar-refractivity contribution in [3.8, 4) is 28.2 Å². The summed E-state index contributed by atoms with van der Waals surface area (Å²) in [5.41, 5.74) is 10.3. The number of carbonyl (C=O) groups is 1. The number of aryl methyl sites for hydroxylation is 1. The Morgan fingerprint density at radius 3 is 2.48 bits per heavy atom. The van der Waals surface area contributed by atoms with Crippen molar-refractivity contribution in [1.29, 1.82) is 0 Å². The van der Waals surface area contributed by atoms with E-state index in [1.807, 2.05) is 29.1 Å². The predicted molar refractivity (Wildman–Crippen MR) is 185 cm³/mol. The number of halogens is 1. The van der Waals surface area contributed by atoms with Crippen LogP contribution in [-0.4, -0.2) is 64.5 Å². The average molecular weight is 645 g/mol. The summed E-state index contributed by atoms with van der Waals surface area (Å²) in [4.78, 5) is 20.5. The summed E-state index contributed by atoms with van der Waals surface area (Å²) in [6.07, 6.45) is 15.1. The smallest absolute Gasteiger partial charge is 0.249 e. The molecule has 8 nitrogen and oxygen atoms in total. The molecule has 1 saturated heterocycles. The molecule has 2 aromatic carbocycles. The fourth-order valence-corrected chi connectivity index (χ4v) is 6.81. The number of nitrogens with zero attached hydrogens (tertiary/aromatic N) is 5. The largest absolute Gasteiger partial charge is 0.366 e. The number of primary amides is 1. The Kier molecular flexibility index (Phi) is 11.6. The number of imidazole rings is 1. The molecule has 46 heavy (non-hydrogen) atoms. The van der Waals surface area contributed by atoms with Gasteiger partial charge < -0.3 is 15.4 Å². The molecule has 2 aromatic heterocycles. The third-order valence-electron chi connectivity index (χ3n) is 8.68. The molecule has 1 aliphatic rings. The van der Waals surface area contributed by atoms with Gasteiger partial charge in [0.25, 0.3) is 0 Å². The highest BCUT2D eigenvalue weighted by Gasteiger charge is 2.23. The normalized spacial score (nSPS) is 14.2. The number of unbranched alkanes of at least 4 members (excludes halogenated alkanes) is 3. The maximum Gasteiger partial charge on any atom is 0.249 e. The Balaban J connectivity index is 1.39. The summed E-state index contributed by atoms with van der Waals surface area (Å²) < 4.78 is 23.6. The van der Waals surface area contributed by atoms with Gasteiger partial charge in [0.2, 0.25) is 5.91 Å². The van der Waals surface area contributed by atoms with Crippen LogP contribution in [0.4, 0.5) is 4.39 Å². The van der Waals surface area contributed by atoms with Gasteiger partial charge in [-0.2, -0.15) is 5.10 Å². The highest BCUT2D eigenvalue weighted by molar-refractivity contribution is 6.76. The third-order valence-corrected chi connectivity index (χ3v) is 10.4. The predicted octanol–water partition coefficient (Wildman–Crippen LogP) is 7.54. The Bertz CT molecular complexity index is 1570. The minimum Gasteiger partial charge on any atom is -0.366 e. The van der Waals surface area contributed by atoms with Crippen LogP contribution < -0.4 is 5.73 Å². The quantitative estimate of drug-likeness (QED) is 0.101. The Hall–Kier alpha value is -3.60. The fraction of sp³-hybridized carbons (Fsp3) is 0.472. The second kappa shape index (κ2) is 15.8. The molecule has 0 atom stereocenters. The number of amides is 1. The zero-order chi connectivity index (χ0) is 32.5. The minimum absolute atomic E-state index is 0.312. The number of hydrogen-bond acceptors (Lipinski definition) is 5. The van der Waals surface area contributed by atoms with Crippen LogP contribution in [0.5, 0.6) is 0 Å². The number of hydrogen-bond donors (Lipinski definition) is 1. The molecule has 0 saturated carbocycles. The lowest BCUT2D eigenvalue weighted by molar-refractivity contribution is 0.0786. The lowest BCUT2D eigenvalue weighted by Gasteiger charge is -2.26. The van der Waals surface area contributed by atoms with Crippen LogP contribution in [0.25, 0.3) is 28.2 Å². The van der Waals surface area contributed by atoms with Gasteiger partial charge in [-0.3, -0.25) is 9.36 Å². The van der Waals surface area contributed by atoms with Gasteiger partial charge in [-0.1, -0.05) is 51.0 Å². The molecule has 0 aliphatic carbocycles. The summed E-state index contributed by atoms with van der Waals surface area (Å²) >= 11 is 0. The van der Waals surface area contributed by atoms with Crippen molar-refractivity contribution in [3.05, 3.63) is 78.1 Å². The number of benzene rings is 2. The number of nitrogens with two attached hydrogens (primary N) is 1. The fourth-order valence-electron chi connectivity index (χ4n) is 6.05. The van der Waals surface area contributed by atoms with Crippen molar-refractivity contribution in [2.24, 2.45) is 5.73 Å². The van der Waals surface area contributed by atoms with Crippen LogP contribution in [-0.2, 0) is 17.9 Å². The highest BCUT2D eigenvalue weighted by atomic mass is 28.3. The van der Waals surface area contributed by atoms with Crippen LogP contribution in [0.3, 0.4) is 0 Å². The SMILES string of the molecule is C[Si](C)(C)CCOCn1cc(-c2cccc(C(N)=O)c2-c2nc(CCCCCCN3CCCCC3)cn2-c2ccc(F)cc2)cn1. The molecular weight excluding hydrogens is 596 g/mol. The number of piperidine rings is 1. The molecule has 4 aromatic rings. The van der Waals surface area contributed by atoms with Crippen LogP contribution in [0.15, 0.2) is 61.1 Å². The molecule has 1 fully saturated rings. The number of aromatic nitrogens is 4. The van der Waals surface area contributed by atoms with Crippen molar-refractivity contribution in [3.63, 3.8) is 0 Å². The van der Waals surface area contributed by atoms with Crippen LogP contribution in [0, 0.1) is 5.82 Å². The first-order valence-corrected chi connectivity index (χ1v) is 20.5. The third kappa shape index (κ3) is 9.24. The van der Waals surface area contributed by atoms with E-state index in [0.29, 0.717) is 30.3 Å². The lowest BCUT2D eigenvalue weighted by atomic mass is 9.96. The van der Waals surface area contributed by atoms with Crippen molar-refractivity contribution >= 4 is 14.0 Å². The zero-order valence-electron chi connectivity index (χ0n) is 27.7. The first kappa shape index (κ1) is 33.8. The number of ether oxygens (including phenoxy) is 1. The van der Waals surface area contributed by atoms with Crippen molar-refractivity contribution in [2.45, 2.75) is 83.8 Å². The maximum atomic E-state index is 13.9. The molecule has 0 radical (unpaired) electrons. The van der Waals surface area contributed by atoms with Gasteiger partial charge >= 0.3 is 0 Å². The number of rotatable bonds is 16. The van der Waals surface area contributed by atoms with E-state index >= 15 is 0 Å². The van der Waals surface area contributed by atoms with Gasteiger partial charge in [-0.25, -0.2) is 14.1 Å². The van der Waals surface area contributed by atoms with Gasteiger partial charge in [0.05, 0.1) is 17.5 Å². The number of carbonyl (C=O) groups excluding carboxylic acids is 1. The van der Waals surface area contributed by atoms with Crippen molar-refractivity contribution in [2.75, 3.05) is 26.2 Å². The molecule has 3 heterocycles. The van der Waals surface area contributed by atoms with E-state index in [0.717, 1.165) is 47.8 Å². The Morgan fingerprint density at radius 1 is 0.978 bits per heavy atom. The molecular formula is C36H49FN6O2Si. The van der Waals surface area contributed by atoms with Crippen molar-refractivity contribution in [1.82, 2.24) is 24.2 Å². The molecule has 0 bridgehead atoms. The second-order valence-electron chi connectivity index (χ2n) is 13.7. The van der Waals surface area contributed by atoms with E-state index in [-0.39, 0.29) is 5.82 Å². The van der Waals surface area contributed by atoms with Crippen molar-refractivity contribution < 1.29 is 13.9 Å². The van der Waals surface area contributed by atoms with Gasteiger partial charge in [0.1, 0.15) is 18.4 Å². The molecule has 0 unspecified atom stereocenters. The highest BCUT2D eigenvalue weighted by Crippen LogP contribution is 2.36. The zero-order valence-corrected chi connectivity index (χ0v) is 28.7. The second-order valence-corrected chi connectivity index (χ2v) is 19.3. The van der Waals surface area contributed by atoms with E-state index < -0.39 is 14.0 Å². The first-order chi connectivity index (χ1) is 22.2. The van der Waals surface area contributed by atoms with E-state index in [1.165, 1.54) is 63.9 Å². The molecule has 10 heteroatoms. The van der Waals surface area contributed by atoms with Gasteiger partial charge in [0.15, 0.2) is 0 Å². The first-order valence-electron chi connectivity index (χ1n) is 16.8. The summed E-state index contributed by atoms with van der Waals surface area (Å²) in [5, 5.41) is 4.54. The molecule has 2 N–H and O–H groups in total. The summed E-state index contributed by atoms with van der Waals surface area (Å²) in [6, 6.07) is 12.9. The van der Waals surface area contributed by atoms with E-state index in [2.05, 4.69) is 29.6 Å².